The second-order valence-corrected chi connectivity index (χ2v) is 9.00. The zero-order valence-electron chi connectivity index (χ0n) is 20.0. The monoisotopic (exact) mass is 484 g/mol. The van der Waals surface area contributed by atoms with Gasteiger partial charge in [-0.1, -0.05) is 6.58 Å². The second kappa shape index (κ2) is 9.13. The number of nitrogens with zero attached hydrogens (tertiary/aromatic N) is 8. The minimum absolute atomic E-state index is 0.0528. The third-order valence-electron chi connectivity index (χ3n) is 6.45. The molecular weight excluding hydrogens is 455 g/mol. The van der Waals surface area contributed by atoms with Crippen molar-refractivity contribution in [2.75, 3.05) is 50.6 Å². The number of imidazole rings is 1. The zero-order chi connectivity index (χ0) is 24.7. The Morgan fingerprint density at radius 3 is 2.86 bits per heavy atom. The molecule has 2 aliphatic heterocycles. The normalized spacial score (nSPS) is 22.6. The maximum Gasteiger partial charge on any atom is 0.256 e. The molecule has 2 fully saturated rings. The van der Waals surface area contributed by atoms with Crippen molar-refractivity contribution in [2.24, 2.45) is 0 Å². The van der Waals surface area contributed by atoms with Crippen LogP contribution in [0, 0.1) is 6.92 Å². The lowest BCUT2D eigenvalue weighted by molar-refractivity contribution is -0.117. The van der Waals surface area contributed by atoms with Gasteiger partial charge in [0.05, 0.1) is 43.8 Å². The largest absolute Gasteiger partial charge is 0.478 e. The molecule has 3 aromatic heterocycles. The van der Waals surface area contributed by atoms with Crippen molar-refractivity contribution in [3.63, 3.8) is 0 Å². The van der Waals surface area contributed by atoms with E-state index >= 15 is 0 Å². The molecule has 2 aliphatic rings. The Labute approximate surface area is 201 Å². The van der Waals surface area contributed by atoms with Gasteiger partial charge in [0, 0.05) is 13.1 Å². The van der Waals surface area contributed by atoms with E-state index in [9.17, 15) is 9.18 Å². The third kappa shape index (κ3) is 4.38. The highest BCUT2D eigenvalue weighted by molar-refractivity contribution is 5.87. The minimum atomic E-state index is -1.26. The number of amides is 1. The molecule has 3 atom stereocenters. The lowest BCUT2D eigenvalue weighted by Crippen LogP contribution is -2.40. The molecule has 3 aromatic rings. The first-order chi connectivity index (χ1) is 16.9. The van der Waals surface area contributed by atoms with Gasteiger partial charge in [-0.25, -0.2) is 13.9 Å². The smallest absolute Gasteiger partial charge is 0.256 e. The van der Waals surface area contributed by atoms with Crippen molar-refractivity contribution in [3.05, 3.63) is 30.7 Å². The molecule has 1 unspecified atom stereocenters. The highest BCUT2D eigenvalue weighted by atomic mass is 19.1. The van der Waals surface area contributed by atoms with Crippen LogP contribution in [0.2, 0.25) is 0 Å². The summed E-state index contributed by atoms with van der Waals surface area (Å²) in [5, 5.41) is 15.1. The SMILES string of the molecule is C=CC(=O)N[C@H]1CN(c2nc(Nc3cn(C4CCN(C)C4)nc3OC)c3ncc(C)n3n2)C[C@@H]1F. The number of carbonyl (C=O) groups excluding carboxylic acids is 1. The third-order valence-corrected chi connectivity index (χ3v) is 6.45. The predicted octanol–water partition coefficient (Wildman–Crippen LogP) is 1.09. The summed E-state index contributed by atoms with van der Waals surface area (Å²) < 4.78 is 23.8. The fourth-order valence-corrected chi connectivity index (χ4v) is 4.56. The number of hydrogen-bond acceptors (Lipinski definition) is 9. The minimum Gasteiger partial charge on any atom is -0.478 e. The summed E-state index contributed by atoms with van der Waals surface area (Å²) in [5.41, 5.74) is 1.97. The van der Waals surface area contributed by atoms with Gasteiger partial charge in [0.25, 0.3) is 5.88 Å². The van der Waals surface area contributed by atoms with Gasteiger partial charge < -0.3 is 25.2 Å². The summed E-state index contributed by atoms with van der Waals surface area (Å²) in [6, 6.07) is -0.421. The number of anilines is 3. The number of fused-ring (bicyclic) bond motifs is 1. The number of aryl methyl sites for hydroxylation is 1. The molecule has 0 saturated carbocycles. The van der Waals surface area contributed by atoms with Crippen molar-refractivity contribution in [3.8, 4) is 5.88 Å². The van der Waals surface area contributed by atoms with Crippen LogP contribution in [0.3, 0.4) is 0 Å². The van der Waals surface area contributed by atoms with Gasteiger partial charge in [-0.3, -0.25) is 9.48 Å². The number of aromatic nitrogens is 6. The topological polar surface area (TPSA) is 118 Å². The molecule has 5 heterocycles. The maximum absolute atomic E-state index is 14.7. The van der Waals surface area contributed by atoms with Gasteiger partial charge in [-0.15, -0.1) is 10.2 Å². The van der Waals surface area contributed by atoms with Crippen LogP contribution in [0.25, 0.3) is 5.65 Å². The van der Waals surface area contributed by atoms with Gasteiger partial charge in [0.1, 0.15) is 11.9 Å². The van der Waals surface area contributed by atoms with Crippen molar-refractivity contribution >= 4 is 29.0 Å². The lowest BCUT2D eigenvalue weighted by Gasteiger charge is -2.17. The Balaban J connectivity index is 1.46. The number of alkyl halides is 1. The lowest BCUT2D eigenvalue weighted by atomic mass is 10.2. The molecule has 0 bridgehead atoms. The van der Waals surface area contributed by atoms with Crippen LogP contribution < -0.4 is 20.3 Å². The fourth-order valence-electron chi connectivity index (χ4n) is 4.56. The van der Waals surface area contributed by atoms with E-state index in [-0.39, 0.29) is 19.1 Å². The highest BCUT2D eigenvalue weighted by Gasteiger charge is 2.35. The van der Waals surface area contributed by atoms with Gasteiger partial charge in [0.2, 0.25) is 11.9 Å². The average Bonchev–Trinajstić information content (AvgIpc) is 3.62. The zero-order valence-corrected chi connectivity index (χ0v) is 20.0. The van der Waals surface area contributed by atoms with Crippen LogP contribution in [0.5, 0.6) is 5.88 Å². The maximum atomic E-state index is 14.7. The van der Waals surface area contributed by atoms with E-state index in [0.717, 1.165) is 31.3 Å². The molecule has 1 amide bonds. The molecule has 0 aromatic carbocycles. The van der Waals surface area contributed by atoms with Crippen LogP contribution in [0.1, 0.15) is 18.2 Å². The Hall–Kier alpha value is -3.74. The van der Waals surface area contributed by atoms with Crippen LogP contribution in [-0.2, 0) is 4.79 Å². The summed E-state index contributed by atoms with van der Waals surface area (Å²) in [7, 11) is 3.66. The average molecular weight is 485 g/mol. The van der Waals surface area contributed by atoms with Crippen molar-refractivity contribution in [1.82, 2.24) is 39.6 Å². The number of methoxy groups -OCH3 is 1. The number of rotatable bonds is 7. The molecule has 0 aliphatic carbocycles. The van der Waals surface area contributed by atoms with E-state index in [2.05, 4.69) is 49.3 Å². The number of carbonyl (C=O) groups is 1. The van der Waals surface area contributed by atoms with Crippen LogP contribution in [0.15, 0.2) is 25.0 Å². The summed E-state index contributed by atoms with van der Waals surface area (Å²) in [6.45, 7) is 7.52. The number of hydrogen-bond donors (Lipinski definition) is 2. The Morgan fingerprint density at radius 2 is 2.14 bits per heavy atom. The van der Waals surface area contributed by atoms with Crippen LogP contribution in [-0.4, -0.2) is 92.7 Å². The van der Waals surface area contributed by atoms with E-state index in [0.29, 0.717) is 29.0 Å². The molecule has 2 N–H and O–H groups in total. The van der Waals surface area contributed by atoms with Gasteiger partial charge in [-0.05, 0) is 33.0 Å². The van der Waals surface area contributed by atoms with E-state index in [1.165, 1.54) is 0 Å². The van der Waals surface area contributed by atoms with Gasteiger partial charge in [-0.2, -0.15) is 4.98 Å². The standard InChI is InChI=1S/C22H29FN10O2/c1-5-18(34)25-16-11-31(10-15(16)23)22-27-19(20-24-8-13(2)33(20)29-22)26-17-12-32(28-21(17)35-4)14-6-7-30(3)9-14/h5,8,12,14-16H,1,6-7,9-11H2,2-4H3,(H,25,34)(H,26,27,29)/t14?,15-,16-/m0/s1. The highest BCUT2D eigenvalue weighted by Crippen LogP contribution is 2.31. The molecular formula is C22H29FN10O2. The van der Waals surface area contributed by atoms with E-state index < -0.39 is 18.1 Å². The van der Waals surface area contributed by atoms with Crippen LogP contribution in [0.4, 0.5) is 21.8 Å². The van der Waals surface area contributed by atoms with Crippen molar-refractivity contribution < 1.29 is 13.9 Å². The molecule has 186 valence electrons. The Bertz CT molecular complexity index is 1260. The van der Waals surface area contributed by atoms with Crippen molar-refractivity contribution in [2.45, 2.75) is 31.6 Å². The van der Waals surface area contributed by atoms with Crippen molar-refractivity contribution in [1.29, 1.82) is 0 Å². The molecule has 35 heavy (non-hydrogen) atoms. The van der Waals surface area contributed by atoms with Gasteiger partial charge >= 0.3 is 0 Å². The molecule has 2 saturated heterocycles. The number of likely N-dealkylation sites (N-methyl/N-ethyl adjacent to an activating group) is 1. The number of halogens is 1. The molecule has 0 radical (unpaired) electrons. The predicted molar refractivity (Wildman–Crippen MR) is 128 cm³/mol. The molecule has 5 rings (SSSR count). The first kappa shape index (κ1) is 23.0. The molecule has 0 spiro atoms. The number of nitrogens with one attached hydrogen (secondary N) is 2. The van der Waals surface area contributed by atoms with Gasteiger partial charge in [0.15, 0.2) is 11.5 Å². The summed E-state index contributed by atoms with van der Waals surface area (Å²) in [4.78, 5) is 24.8. The van der Waals surface area contributed by atoms with E-state index in [1.807, 2.05) is 17.8 Å². The van der Waals surface area contributed by atoms with E-state index in [1.54, 1.807) is 22.7 Å². The van der Waals surface area contributed by atoms with E-state index in [4.69, 9.17) is 4.74 Å². The fraction of sp³-hybridized carbons (Fsp3) is 0.500. The quantitative estimate of drug-likeness (QED) is 0.475. The molecule has 12 nitrogen and oxygen atoms in total. The summed E-state index contributed by atoms with van der Waals surface area (Å²) in [6.07, 6.45) is 4.48. The summed E-state index contributed by atoms with van der Waals surface area (Å²) in [5.74, 6) is 0.793. The number of ether oxygens (including phenoxy) is 1. The second-order valence-electron chi connectivity index (χ2n) is 9.00. The first-order valence-corrected chi connectivity index (χ1v) is 11.5. The Morgan fingerprint density at radius 1 is 1.31 bits per heavy atom. The summed E-state index contributed by atoms with van der Waals surface area (Å²) >= 11 is 0. The first-order valence-electron chi connectivity index (χ1n) is 11.5. The molecule has 13 heteroatoms. The number of likely N-dealkylation sites (tertiary alicyclic amines) is 1. The Kier molecular flexibility index (Phi) is 6.01. The van der Waals surface area contributed by atoms with Crippen LogP contribution >= 0.6 is 0 Å².